The summed E-state index contributed by atoms with van der Waals surface area (Å²) in [4.78, 5) is 13.4. The second-order valence-electron chi connectivity index (χ2n) is 5.28. The molecular weight excluding hydrogens is 248 g/mol. The smallest absolute Gasteiger partial charge is 0.221 e. The Hall–Kier alpha value is -2.29. The molecule has 102 valence electrons. The summed E-state index contributed by atoms with van der Waals surface area (Å²) in [5.74, 6) is -0.0439. The van der Waals surface area contributed by atoms with E-state index in [9.17, 15) is 4.79 Å². The number of carbonyl (C=O) groups is 1. The highest BCUT2D eigenvalue weighted by Gasteiger charge is 2.26. The van der Waals surface area contributed by atoms with Gasteiger partial charge in [-0.3, -0.25) is 4.79 Å². The lowest BCUT2D eigenvalue weighted by molar-refractivity contribution is -0.114. The molecule has 1 amide bonds. The molecule has 3 heteroatoms. The number of amides is 1. The molecule has 0 saturated heterocycles. The minimum atomic E-state index is -0.0439. The van der Waals surface area contributed by atoms with Crippen molar-refractivity contribution < 1.29 is 4.79 Å². The summed E-state index contributed by atoms with van der Waals surface area (Å²) in [5.41, 5.74) is 4.68. The van der Waals surface area contributed by atoms with Crippen LogP contribution in [0.15, 0.2) is 48.5 Å². The van der Waals surface area contributed by atoms with Crippen molar-refractivity contribution in [3.8, 4) is 0 Å². The summed E-state index contributed by atoms with van der Waals surface area (Å²) in [6, 6.07) is 17.0. The molecule has 3 nitrogen and oxygen atoms in total. The number of anilines is 3. The Balaban J connectivity index is 1.91. The molecule has 2 aromatic carbocycles. The summed E-state index contributed by atoms with van der Waals surface area (Å²) < 4.78 is 0. The fourth-order valence-corrected chi connectivity index (χ4v) is 2.87. The van der Waals surface area contributed by atoms with Crippen LogP contribution in [0.25, 0.3) is 0 Å². The van der Waals surface area contributed by atoms with E-state index in [-0.39, 0.29) is 5.91 Å². The topological polar surface area (TPSA) is 32.3 Å². The fourth-order valence-electron chi connectivity index (χ4n) is 2.87. The average molecular weight is 266 g/mol. The highest BCUT2D eigenvalue weighted by Crippen LogP contribution is 2.38. The van der Waals surface area contributed by atoms with Crippen molar-refractivity contribution in [1.29, 1.82) is 0 Å². The largest absolute Gasteiger partial charge is 0.338 e. The highest BCUT2D eigenvalue weighted by atomic mass is 16.1. The van der Waals surface area contributed by atoms with Crippen LogP contribution in [0, 0.1) is 0 Å². The molecule has 3 rings (SSSR count). The molecule has 20 heavy (non-hydrogen) atoms. The minimum absolute atomic E-state index is 0.0439. The Bertz CT molecular complexity index is 634. The van der Waals surface area contributed by atoms with Crippen LogP contribution in [0.4, 0.5) is 17.1 Å². The fraction of sp³-hybridized carbons (Fsp3) is 0.235. The second-order valence-corrected chi connectivity index (χ2v) is 5.28. The maximum Gasteiger partial charge on any atom is 0.221 e. The number of nitrogens with one attached hydrogen (secondary N) is 1. The normalized spacial score (nSPS) is 16.9. The van der Waals surface area contributed by atoms with Crippen molar-refractivity contribution in [2.45, 2.75) is 26.3 Å². The Labute approximate surface area is 119 Å². The van der Waals surface area contributed by atoms with Gasteiger partial charge in [0.25, 0.3) is 0 Å². The Morgan fingerprint density at radius 3 is 2.55 bits per heavy atom. The van der Waals surface area contributed by atoms with E-state index < -0.39 is 0 Å². The van der Waals surface area contributed by atoms with Crippen LogP contribution in [0.2, 0.25) is 0 Å². The number of hydrogen-bond donors (Lipinski definition) is 1. The Kier molecular flexibility index (Phi) is 3.18. The molecular formula is C17H18N2O. The lowest BCUT2D eigenvalue weighted by Crippen LogP contribution is -2.23. The van der Waals surface area contributed by atoms with Gasteiger partial charge in [0, 0.05) is 30.0 Å². The third kappa shape index (κ3) is 2.27. The molecule has 0 fully saturated rings. The van der Waals surface area contributed by atoms with Gasteiger partial charge in [-0.2, -0.15) is 0 Å². The van der Waals surface area contributed by atoms with Gasteiger partial charge in [-0.1, -0.05) is 18.2 Å². The van der Waals surface area contributed by atoms with Gasteiger partial charge in [0.15, 0.2) is 0 Å². The zero-order chi connectivity index (χ0) is 14.1. The monoisotopic (exact) mass is 266 g/mol. The number of fused-ring (bicyclic) bond motifs is 1. The van der Waals surface area contributed by atoms with Crippen LogP contribution in [-0.2, 0) is 11.2 Å². The number of benzene rings is 2. The summed E-state index contributed by atoms with van der Waals surface area (Å²) in [7, 11) is 0. The molecule has 2 aromatic rings. The standard InChI is InChI=1S/C17H18N2O/c1-12-11-14-5-3-4-6-17(14)19(12)16-9-7-15(8-10-16)18-13(2)20/h3-10,12H,11H2,1-2H3,(H,18,20). The van der Waals surface area contributed by atoms with E-state index in [0.29, 0.717) is 6.04 Å². The first-order chi connectivity index (χ1) is 9.65. The van der Waals surface area contributed by atoms with Crippen molar-refractivity contribution in [2.24, 2.45) is 0 Å². The van der Waals surface area contributed by atoms with Crippen LogP contribution >= 0.6 is 0 Å². The van der Waals surface area contributed by atoms with Gasteiger partial charge in [-0.25, -0.2) is 0 Å². The van der Waals surface area contributed by atoms with Gasteiger partial charge >= 0.3 is 0 Å². The molecule has 0 aromatic heterocycles. The van der Waals surface area contributed by atoms with Crippen LogP contribution in [-0.4, -0.2) is 11.9 Å². The van der Waals surface area contributed by atoms with Crippen LogP contribution in [0.5, 0.6) is 0 Å². The SMILES string of the molecule is CC(=O)Nc1ccc(N2c3ccccc3CC2C)cc1. The zero-order valence-electron chi connectivity index (χ0n) is 11.8. The molecule has 0 bridgehead atoms. The van der Waals surface area contributed by atoms with Crippen molar-refractivity contribution in [1.82, 2.24) is 0 Å². The number of para-hydroxylation sites is 1. The lowest BCUT2D eigenvalue weighted by atomic mass is 10.1. The van der Waals surface area contributed by atoms with Gasteiger partial charge in [0.1, 0.15) is 0 Å². The Morgan fingerprint density at radius 1 is 1.15 bits per heavy atom. The lowest BCUT2D eigenvalue weighted by Gasteiger charge is -2.25. The number of carbonyl (C=O) groups excluding carboxylic acids is 1. The molecule has 0 spiro atoms. The maximum absolute atomic E-state index is 11.0. The summed E-state index contributed by atoms with van der Waals surface area (Å²) in [6.45, 7) is 3.76. The van der Waals surface area contributed by atoms with Crippen LogP contribution < -0.4 is 10.2 Å². The molecule has 1 aliphatic rings. The average Bonchev–Trinajstić information content (AvgIpc) is 2.75. The maximum atomic E-state index is 11.0. The van der Waals surface area contributed by atoms with Crippen molar-refractivity contribution in [3.05, 3.63) is 54.1 Å². The van der Waals surface area contributed by atoms with Gasteiger partial charge in [-0.05, 0) is 49.2 Å². The summed E-state index contributed by atoms with van der Waals surface area (Å²) in [5, 5.41) is 2.80. The van der Waals surface area contributed by atoms with E-state index in [4.69, 9.17) is 0 Å². The zero-order valence-corrected chi connectivity index (χ0v) is 11.8. The van der Waals surface area contributed by atoms with Crippen LogP contribution in [0.1, 0.15) is 19.4 Å². The van der Waals surface area contributed by atoms with E-state index in [1.807, 2.05) is 12.1 Å². The van der Waals surface area contributed by atoms with E-state index in [1.165, 1.54) is 18.2 Å². The van der Waals surface area contributed by atoms with Gasteiger partial charge < -0.3 is 10.2 Å². The first kappa shape index (κ1) is 12.7. The molecule has 1 unspecified atom stereocenters. The van der Waals surface area contributed by atoms with Gasteiger partial charge in [-0.15, -0.1) is 0 Å². The first-order valence-corrected chi connectivity index (χ1v) is 6.90. The third-order valence-corrected chi connectivity index (χ3v) is 3.67. The van der Waals surface area contributed by atoms with Crippen molar-refractivity contribution in [2.75, 3.05) is 10.2 Å². The molecule has 1 N–H and O–H groups in total. The highest BCUT2D eigenvalue weighted by molar-refractivity contribution is 5.89. The third-order valence-electron chi connectivity index (χ3n) is 3.67. The van der Waals surface area contributed by atoms with Gasteiger partial charge in [0.05, 0.1) is 0 Å². The van der Waals surface area contributed by atoms with E-state index in [2.05, 4.69) is 53.5 Å². The molecule has 1 heterocycles. The predicted molar refractivity (Wildman–Crippen MR) is 82.5 cm³/mol. The quantitative estimate of drug-likeness (QED) is 0.898. The first-order valence-electron chi connectivity index (χ1n) is 6.90. The molecule has 0 saturated carbocycles. The molecule has 1 aliphatic heterocycles. The van der Waals surface area contributed by atoms with Crippen molar-refractivity contribution >= 4 is 23.0 Å². The van der Waals surface area contributed by atoms with E-state index in [0.717, 1.165) is 17.8 Å². The Morgan fingerprint density at radius 2 is 1.85 bits per heavy atom. The van der Waals surface area contributed by atoms with Gasteiger partial charge in [0.2, 0.25) is 5.91 Å². The number of nitrogens with zero attached hydrogens (tertiary/aromatic N) is 1. The predicted octanol–water partition coefficient (Wildman–Crippen LogP) is 3.73. The number of hydrogen-bond acceptors (Lipinski definition) is 2. The summed E-state index contributed by atoms with van der Waals surface area (Å²) in [6.07, 6.45) is 1.07. The summed E-state index contributed by atoms with van der Waals surface area (Å²) >= 11 is 0. The minimum Gasteiger partial charge on any atom is -0.338 e. The van der Waals surface area contributed by atoms with Crippen molar-refractivity contribution in [3.63, 3.8) is 0 Å². The second kappa shape index (κ2) is 5.00. The molecule has 1 atom stereocenters. The van der Waals surface area contributed by atoms with Crippen LogP contribution in [0.3, 0.4) is 0 Å². The van der Waals surface area contributed by atoms with E-state index in [1.54, 1.807) is 0 Å². The molecule has 0 aliphatic carbocycles. The molecule has 0 radical (unpaired) electrons. The van der Waals surface area contributed by atoms with E-state index >= 15 is 0 Å². The number of rotatable bonds is 2.